The van der Waals surface area contributed by atoms with Crippen molar-refractivity contribution in [2.45, 2.75) is 13.0 Å². The molecule has 72 valence electrons. The molecule has 0 aliphatic heterocycles. The Labute approximate surface area is 76.0 Å². The second-order valence-electron chi connectivity index (χ2n) is 2.73. The summed E-state index contributed by atoms with van der Waals surface area (Å²) in [7, 11) is 3.35. The number of nitrogens with zero attached hydrogens (tertiary/aromatic N) is 2. The van der Waals surface area contributed by atoms with Gasteiger partial charge in [0.1, 0.15) is 12.4 Å². The molecule has 0 bridgehead atoms. The molecule has 0 fully saturated rings. The first-order chi connectivity index (χ1) is 6.15. The minimum atomic E-state index is -0.855. The second-order valence-corrected chi connectivity index (χ2v) is 2.73. The van der Waals surface area contributed by atoms with Crippen molar-refractivity contribution in [1.82, 2.24) is 9.55 Å². The Bertz CT molecular complexity index is 306. The number of carboxylic acid groups (broad SMARTS) is 1. The summed E-state index contributed by atoms with van der Waals surface area (Å²) in [5.41, 5.74) is 0.680. The van der Waals surface area contributed by atoms with Crippen LogP contribution in [-0.2, 0) is 29.6 Å². The third-order valence-corrected chi connectivity index (χ3v) is 1.79. The number of hydrogen-bond donors (Lipinski definition) is 1. The van der Waals surface area contributed by atoms with Crippen molar-refractivity contribution in [3.63, 3.8) is 0 Å². The molecule has 0 aromatic carbocycles. The van der Waals surface area contributed by atoms with Gasteiger partial charge in [0.2, 0.25) is 0 Å². The Hall–Kier alpha value is -1.36. The van der Waals surface area contributed by atoms with Gasteiger partial charge in [-0.15, -0.1) is 0 Å². The molecule has 0 atom stereocenters. The number of hydrogen-bond acceptors (Lipinski definition) is 3. The molecule has 1 aromatic rings. The van der Waals surface area contributed by atoms with Crippen LogP contribution >= 0.6 is 0 Å². The molecule has 0 saturated carbocycles. The molecule has 0 radical (unpaired) electrons. The lowest BCUT2D eigenvalue weighted by atomic mass is 10.3. The number of rotatable bonds is 4. The van der Waals surface area contributed by atoms with Gasteiger partial charge in [-0.05, 0) is 0 Å². The summed E-state index contributed by atoms with van der Waals surface area (Å²) in [6.07, 6.45) is 1.55. The Morgan fingerprint density at radius 3 is 3.00 bits per heavy atom. The molecule has 5 nitrogen and oxygen atoms in total. The zero-order valence-electron chi connectivity index (χ0n) is 7.65. The summed E-state index contributed by atoms with van der Waals surface area (Å²) in [6, 6.07) is 0. The number of imidazole rings is 1. The van der Waals surface area contributed by atoms with Crippen LogP contribution in [-0.4, -0.2) is 27.7 Å². The SMILES string of the molecule is COCc1ncc(CC(=O)O)n1C. The first-order valence-electron chi connectivity index (χ1n) is 3.85. The van der Waals surface area contributed by atoms with Gasteiger partial charge in [-0.3, -0.25) is 4.79 Å². The van der Waals surface area contributed by atoms with Crippen LogP contribution in [0.25, 0.3) is 0 Å². The fraction of sp³-hybridized carbons (Fsp3) is 0.500. The van der Waals surface area contributed by atoms with Gasteiger partial charge < -0.3 is 14.4 Å². The molecule has 0 saturated heterocycles. The van der Waals surface area contributed by atoms with Crippen LogP contribution in [0.2, 0.25) is 0 Å². The minimum Gasteiger partial charge on any atom is -0.481 e. The fourth-order valence-electron chi connectivity index (χ4n) is 1.07. The van der Waals surface area contributed by atoms with E-state index in [9.17, 15) is 4.79 Å². The smallest absolute Gasteiger partial charge is 0.309 e. The molecule has 1 aromatic heterocycles. The fourth-order valence-corrected chi connectivity index (χ4v) is 1.07. The first kappa shape index (κ1) is 9.73. The molecule has 1 N–H and O–H groups in total. The summed E-state index contributed by atoms with van der Waals surface area (Å²) in [5.74, 6) is -0.120. The van der Waals surface area contributed by atoms with E-state index in [2.05, 4.69) is 4.98 Å². The van der Waals surface area contributed by atoms with E-state index < -0.39 is 5.97 Å². The Kier molecular flexibility index (Phi) is 3.02. The summed E-state index contributed by atoms with van der Waals surface area (Å²) in [6.45, 7) is 0.399. The predicted octanol–water partition coefficient (Wildman–Crippen LogP) is 0.194. The van der Waals surface area contributed by atoms with Crippen LogP contribution in [0.15, 0.2) is 6.20 Å². The number of ether oxygens (including phenoxy) is 1. The topological polar surface area (TPSA) is 64.3 Å². The van der Waals surface area contributed by atoms with Crippen LogP contribution in [0.1, 0.15) is 11.5 Å². The normalized spacial score (nSPS) is 10.3. The largest absolute Gasteiger partial charge is 0.481 e. The molecular formula is C8H12N2O3. The van der Waals surface area contributed by atoms with E-state index in [1.165, 1.54) is 0 Å². The lowest BCUT2D eigenvalue weighted by molar-refractivity contribution is -0.136. The molecule has 1 heterocycles. The van der Waals surface area contributed by atoms with Gasteiger partial charge in [-0.1, -0.05) is 0 Å². The first-order valence-corrected chi connectivity index (χ1v) is 3.85. The van der Waals surface area contributed by atoms with Gasteiger partial charge in [-0.25, -0.2) is 4.98 Å². The molecule has 0 unspecified atom stereocenters. The minimum absolute atomic E-state index is 0.00673. The Morgan fingerprint density at radius 1 is 1.77 bits per heavy atom. The molecule has 1 rings (SSSR count). The standard InChI is InChI=1S/C8H12N2O3/c1-10-6(3-8(11)12)4-9-7(10)5-13-2/h4H,3,5H2,1-2H3,(H,11,12). The molecule has 0 amide bonds. The molecule has 0 aliphatic carbocycles. The highest BCUT2D eigenvalue weighted by molar-refractivity contribution is 5.69. The molecule has 5 heteroatoms. The van der Waals surface area contributed by atoms with Gasteiger partial charge in [-0.2, -0.15) is 0 Å². The number of carboxylic acids is 1. The van der Waals surface area contributed by atoms with Crippen molar-refractivity contribution >= 4 is 5.97 Å². The van der Waals surface area contributed by atoms with E-state index in [-0.39, 0.29) is 6.42 Å². The highest BCUT2D eigenvalue weighted by Gasteiger charge is 2.08. The summed E-state index contributed by atoms with van der Waals surface area (Å²) < 4.78 is 6.63. The van der Waals surface area contributed by atoms with Crippen LogP contribution < -0.4 is 0 Å². The zero-order chi connectivity index (χ0) is 9.84. The van der Waals surface area contributed by atoms with Crippen molar-refractivity contribution in [3.8, 4) is 0 Å². The van der Waals surface area contributed by atoms with Gasteiger partial charge in [0, 0.05) is 26.0 Å². The van der Waals surface area contributed by atoms with Crippen molar-refractivity contribution in [1.29, 1.82) is 0 Å². The van der Waals surface area contributed by atoms with Gasteiger partial charge in [0.25, 0.3) is 0 Å². The van der Waals surface area contributed by atoms with E-state index in [1.54, 1.807) is 24.9 Å². The van der Waals surface area contributed by atoms with Crippen LogP contribution in [0, 0.1) is 0 Å². The average molecular weight is 184 g/mol. The monoisotopic (exact) mass is 184 g/mol. The number of methoxy groups -OCH3 is 1. The number of carbonyl (C=O) groups is 1. The van der Waals surface area contributed by atoms with Gasteiger partial charge in [0.15, 0.2) is 0 Å². The molecular weight excluding hydrogens is 172 g/mol. The highest BCUT2D eigenvalue weighted by Crippen LogP contribution is 2.04. The average Bonchev–Trinajstić information content (AvgIpc) is 2.36. The van der Waals surface area contributed by atoms with E-state index in [0.717, 1.165) is 5.82 Å². The highest BCUT2D eigenvalue weighted by atomic mass is 16.5. The van der Waals surface area contributed by atoms with Gasteiger partial charge >= 0.3 is 5.97 Å². The van der Waals surface area contributed by atoms with E-state index in [0.29, 0.717) is 12.3 Å². The third kappa shape index (κ3) is 2.29. The Morgan fingerprint density at radius 2 is 2.46 bits per heavy atom. The third-order valence-electron chi connectivity index (χ3n) is 1.79. The summed E-state index contributed by atoms with van der Waals surface area (Å²) in [5, 5.41) is 8.56. The molecule has 13 heavy (non-hydrogen) atoms. The zero-order valence-corrected chi connectivity index (χ0v) is 7.65. The summed E-state index contributed by atoms with van der Waals surface area (Å²) in [4.78, 5) is 14.4. The summed E-state index contributed by atoms with van der Waals surface area (Å²) >= 11 is 0. The maximum Gasteiger partial charge on any atom is 0.309 e. The quantitative estimate of drug-likeness (QED) is 0.725. The van der Waals surface area contributed by atoms with E-state index >= 15 is 0 Å². The number of aliphatic carboxylic acids is 1. The van der Waals surface area contributed by atoms with E-state index in [1.807, 2.05) is 0 Å². The van der Waals surface area contributed by atoms with Crippen molar-refractivity contribution in [2.24, 2.45) is 7.05 Å². The van der Waals surface area contributed by atoms with Gasteiger partial charge in [0.05, 0.1) is 6.42 Å². The number of aromatic nitrogens is 2. The van der Waals surface area contributed by atoms with Crippen LogP contribution in [0.5, 0.6) is 0 Å². The van der Waals surface area contributed by atoms with Crippen molar-refractivity contribution in [3.05, 3.63) is 17.7 Å². The molecule has 0 aliphatic rings. The van der Waals surface area contributed by atoms with Crippen molar-refractivity contribution < 1.29 is 14.6 Å². The Balaban J connectivity index is 2.79. The second kappa shape index (κ2) is 4.04. The maximum absolute atomic E-state index is 10.4. The predicted molar refractivity (Wildman–Crippen MR) is 45.3 cm³/mol. The lowest BCUT2D eigenvalue weighted by Gasteiger charge is -2.02. The molecule has 0 spiro atoms. The lowest BCUT2D eigenvalue weighted by Crippen LogP contribution is -2.07. The van der Waals surface area contributed by atoms with Crippen LogP contribution in [0.3, 0.4) is 0 Å². The maximum atomic E-state index is 10.4. The van der Waals surface area contributed by atoms with Crippen molar-refractivity contribution in [2.75, 3.05) is 7.11 Å². The van der Waals surface area contributed by atoms with E-state index in [4.69, 9.17) is 9.84 Å². The van der Waals surface area contributed by atoms with Crippen LogP contribution in [0.4, 0.5) is 0 Å².